The van der Waals surface area contributed by atoms with Gasteiger partial charge in [0.15, 0.2) is 0 Å². The molecule has 0 spiro atoms. The number of benzene rings is 1. The first kappa shape index (κ1) is 17.3. The van der Waals surface area contributed by atoms with Gasteiger partial charge in [-0.05, 0) is 36.2 Å². The van der Waals surface area contributed by atoms with E-state index in [2.05, 4.69) is 60.6 Å². The van der Waals surface area contributed by atoms with Gasteiger partial charge in [-0.25, -0.2) is 0 Å². The summed E-state index contributed by atoms with van der Waals surface area (Å²) in [6.45, 7) is 15.7. The zero-order valence-electron chi connectivity index (χ0n) is 15.5. The van der Waals surface area contributed by atoms with E-state index in [9.17, 15) is 0 Å². The molecule has 1 aliphatic heterocycles. The highest BCUT2D eigenvalue weighted by molar-refractivity contribution is 5.50. The number of hydrogen-bond acceptors (Lipinski definition) is 2. The van der Waals surface area contributed by atoms with Crippen molar-refractivity contribution in [1.29, 1.82) is 0 Å². The van der Waals surface area contributed by atoms with Crippen molar-refractivity contribution in [3.05, 3.63) is 28.8 Å². The van der Waals surface area contributed by atoms with Gasteiger partial charge in [0.2, 0.25) is 0 Å². The average Bonchev–Trinajstić information content (AvgIpc) is 3.09. The summed E-state index contributed by atoms with van der Waals surface area (Å²) in [5, 5.41) is 0. The van der Waals surface area contributed by atoms with E-state index in [1.165, 1.54) is 16.7 Å². The van der Waals surface area contributed by atoms with Crippen molar-refractivity contribution in [2.75, 3.05) is 7.11 Å². The number of hydrogen-bond donors (Lipinski definition) is 0. The third-order valence-electron chi connectivity index (χ3n) is 4.52. The Labute approximate surface area is 136 Å². The first-order valence-corrected chi connectivity index (χ1v) is 8.41. The van der Waals surface area contributed by atoms with Crippen molar-refractivity contribution in [2.45, 2.75) is 84.3 Å². The minimum absolute atomic E-state index is 0.0741. The molecule has 2 unspecified atom stereocenters. The molecule has 0 radical (unpaired) electrons. The fourth-order valence-corrected chi connectivity index (χ4v) is 3.01. The fourth-order valence-electron chi connectivity index (χ4n) is 3.01. The van der Waals surface area contributed by atoms with Crippen LogP contribution in [0.25, 0.3) is 0 Å². The van der Waals surface area contributed by atoms with Gasteiger partial charge in [0.1, 0.15) is 5.75 Å². The van der Waals surface area contributed by atoms with E-state index in [0.29, 0.717) is 12.2 Å². The molecule has 0 saturated carbocycles. The molecule has 2 nitrogen and oxygen atoms in total. The molecule has 22 heavy (non-hydrogen) atoms. The van der Waals surface area contributed by atoms with Gasteiger partial charge in [-0.1, -0.05) is 53.7 Å². The first-order valence-electron chi connectivity index (χ1n) is 8.41. The van der Waals surface area contributed by atoms with E-state index in [1.54, 1.807) is 7.11 Å². The van der Waals surface area contributed by atoms with Crippen LogP contribution in [0.1, 0.15) is 71.6 Å². The minimum atomic E-state index is 0.0741. The van der Waals surface area contributed by atoms with Gasteiger partial charge >= 0.3 is 0 Å². The standard InChI is InChI=1S/C20H32O2/c1-13-17(22-13)10-9-14-11-15(19(2,3)4)18(21-8)16(12-14)20(5,6)7/h11-13,17H,9-10H2,1-8H3. The normalized spacial score (nSPS) is 21.8. The highest BCUT2D eigenvalue weighted by Crippen LogP contribution is 2.41. The summed E-state index contributed by atoms with van der Waals surface area (Å²) in [4.78, 5) is 0. The van der Waals surface area contributed by atoms with Crippen molar-refractivity contribution in [2.24, 2.45) is 0 Å². The topological polar surface area (TPSA) is 21.8 Å². The Balaban J connectivity index is 2.42. The van der Waals surface area contributed by atoms with Crippen molar-refractivity contribution >= 4 is 0 Å². The fraction of sp³-hybridized carbons (Fsp3) is 0.700. The highest BCUT2D eigenvalue weighted by Gasteiger charge is 2.34. The van der Waals surface area contributed by atoms with E-state index in [0.717, 1.165) is 18.6 Å². The van der Waals surface area contributed by atoms with Crippen LogP contribution in [0.2, 0.25) is 0 Å². The van der Waals surface area contributed by atoms with E-state index >= 15 is 0 Å². The third-order valence-corrected chi connectivity index (χ3v) is 4.52. The van der Waals surface area contributed by atoms with E-state index < -0.39 is 0 Å². The molecule has 0 N–H and O–H groups in total. The second kappa shape index (κ2) is 5.88. The van der Waals surface area contributed by atoms with Gasteiger partial charge in [-0.15, -0.1) is 0 Å². The Hall–Kier alpha value is -1.02. The molecule has 1 saturated heterocycles. The minimum Gasteiger partial charge on any atom is -0.496 e. The van der Waals surface area contributed by atoms with Crippen LogP contribution in [0.15, 0.2) is 12.1 Å². The Morgan fingerprint density at radius 3 is 1.77 bits per heavy atom. The quantitative estimate of drug-likeness (QED) is 0.729. The summed E-state index contributed by atoms with van der Waals surface area (Å²) in [5.41, 5.74) is 4.16. The number of ether oxygens (including phenoxy) is 2. The summed E-state index contributed by atoms with van der Waals surface area (Å²) < 4.78 is 11.4. The molecule has 0 aromatic heterocycles. The zero-order chi connectivity index (χ0) is 16.7. The molecule has 124 valence electrons. The van der Waals surface area contributed by atoms with Gasteiger partial charge in [0.05, 0.1) is 19.3 Å². The molecule has 1 aliphatic rings. The Morgan fingerprint density at radius 2 is 1.45 bits per heavy atom. The van der Waals surface area contributed by atoms with Crippen LogP contribution in [0.3, 0.4) is 0 Å². The lowest BCUT2D eigenvalue weighted by Gasteiger charge is -2.30. The van der Waals surface area contributed by atoms with Gasteiger partial charge in [0, 0.05) is 11.1 Å². The van der Waals surface area contributed by atoms with Crippen LogP contribution < -0.4 is 4.74 Å². The lowest BCUT2D eigenvalue weighted by molar-refractivity contribution is 0.369. The maximum atomic E-state index is 5.81. The van der Waals surface area contributed by atoms with Crippen LogP contribution >= 0.6 is 0 Å². The Kier molecular flexibility index (Phi) is 4.64. The summed E-state index contributed by atoms with van der Waals surface area (Å²) >= 11 is 0. The summed E-state index contributed by atoms with van der Waals surface area (Å²) in [6, 6.07) is 4.67. The van der Waals surface area contributed by atoms with Crippen LogP contribution in [-0.4, -0.2) is 19.3 Å². The average molecular weight is 304 g/mol. The highest BCUT2D eigenvalue weighted by atomic mass is 16.6. The maximum Gasteiger partial charge on any atom is 0.126 e. The lowest BCUT2D eigenvalue weighted by Crippen LogP contribution is -2.19. The van der Waals surface area contributed by atoms with E-state index in [1.807, 2.05) is 0 Å². The molecule has 0 bridgehead atoms. The van der Waals surface area contributed by atoms with Gasteiger partial charge < -0.3 is 9.47 Å². The van der Waals surface area contributed by atoms with Gasteiger partial charge in [-0.2, -0.15) is 0 Å². The second-order valence-corrected chi connectivity index (χ2v) is 8.64. The first-order chi connectivity index (χ1) is 10.0. The number of rotatable bonds is 4. The summed E-state index contributed by atoms with van der Waals surface area (Å²) in [5.74, 6) is 1.06. The molecule has 1 fully saturated rings. The predicted octanol–water partition coefficient (Wildman–Crippen LogP) is 5.01. The molecule has 2 rings (SSSR count). The molecule has 2 heteroatoms. The molecular formula is C20H32O2. The number of epoxide rings is 1. The molecule has 2 atom stereocenters. The molecule has 0 amide bonds. The summed E-state index contributed by atoms with van der Waals surface area (Å²) in [7, 11) is 1.79. The Bertz CT molecular complexity index is 497. The monoisotopic (exact) mass is 304 g/mol. The van der Waals surface area contributed by atoms with Crippen LogP contribution in [0, 0.1) is 0 Å². The predicted molar refractivity (Wildman–Crippen MR) is 93.1 cm³/mol. The van der Waals surface area contributed by atoms with Crippen molar-refractivity contribution in [1.82, 2.24) is 0 Å². The largest absolute Gasteiger partial charge is 0.496 e. The van der Waals surface area contributed by atoms with Crippen LogP contribution in [0.5, 0.6) is 5.75 Å². The lowest BCUT2D eigenvalue weighted by atomic mass is 9.78. The van der Waals surface area contributed by atoms with Crippen LogP contribution in [-0.2, 0) is 22.0 Å². The van der Waals surface area contributed by atoms with Gasteiger partial charge in [0.25, 0.3) is 0 Å². The second-order valence-electron chi connectivity index (χ2n) is 8.64. The summed E-state index contributed by atoms with van der Waals surface area (Å²) in [6.07, 6.45) is 3.09. The zero-order valence-corrected chi connectivity index (χ0v) is 15.5. The molecule has 1 aromatic rings. The molecular weight excluding hydrogens is 272 g/mol. The smallest absolute Gasteiger partial charge is 0.126 e. The van der Waals surface area contributed by atoms with Crippen molar-refractivity contribution in [3.63, 3.8) is 0 Å². The van der Waals surface area contributed by atoms with Gasteiger partial charge in [-0.3, -0.25) is 0 Å². The van der Waals surface area contributed by atoms with Crippen molar-refractivity contribution < 1.29 is 9.47 Å². The number of methoxy groups -OCH3 is 1. The molecule has 1 heterocycles. The SMILES string of the molecule is COc1c(C(C)(C)C)cc(CCC2OC2C)cc1C(C)(C)C. The molecule has 1 aromatic carbocycles. The Morgan fingerprint density at radius 1 is 1.00 bits per heavy atom. The van der Waals surface area contributed by atoms with E-state index in [4.69, 9.17) is 9.47 Å². The van der Waals surface area contributed by atoms with E-state index in [-0.39, 0.29) is 10.8 Å². The van der Waals surface area contributed by atoms with Crippen molar-refractivity contribution in [3.8, 4) is 5.75 Å². The van der Waals surface area contributed by atoms with Crippen LogP contribution in [0.4, 0.5) is 0 Å². The molecule has 0 aliphatic carbocycles. The maximum absolute atomic E-state index is 5.81. The number of aryl methyl sites for hydroxylation is 1. The third kappa shape index (κ3) is 3.84.